The van der Waals surface area contributed by atoms with Gasteiger partial charge in [0.1, 0.15) is 5.52 Å². The largest absolute Gasteiger partial charge is 0.367 e. The number of nitrogens with zero attached hydrogens (tertiary/aromatic N) is 5. The van der Waals surface area contributed by atoms with Crippen LogP contribution in [0.2, 0.25) is 0 Å². The third-order valence-electron chi connectivity index (χ3n) is 7.10. The van der Waals surface area contributed by atoms with Crippen molar-refractivity contribution in [2.45, 2.75) is 77.9 Å². The van der Waals surface area contributed by atoms with Crippen LogP contribution in [0.5, 0.6) is 0 Å². The highest BCUT2D eigenvalue weighted by atomic mass is 32.1. The molecular weight excluding hydrogens is 440 g/mol. The molecule has 7 heteroatoms. The van der Waals surface area contributed by atoms with Crippen molar-refractivity contribution >= 4 is 38.4 Å². The zero-order valence-corrected chi connectivity index (χ0v) is 21.6. The van der Waals surface area contributed by atoms with E-state index in [1.54, 1.807) is 11.3 Å². The van der Waals surface area contributed by atoms with Crippen LogP contribution in [0.4, 0.5) is 5.82 Å². The van der Waals surface area contributed by atoms with Crippen LogP contribution >= 0.6 is 11.3 Å². The van der Waals surface area contributed by atoms with E-state index in [4.69, 9.17) is 15.0 Å². The lowest BCUT2D eigenvalue weighted by Crippen LogP contribution is -2.40. The van der Waals surface area contributed by atoms with Gasteiger partial charge in [-0.25, -0.2) is 15.0 Å². The Labute approximate surface area is 206 Å². The first-order valence-corrected chi connectivity index (χ1v) is 13.6. The molecule has 180 valence electrons. The lowest BCUT2D eigenvalue weighted by molar-refractivity contribution is 0.182. The summed E-state index contributed by atoms with van der Waals surface area (Å²) >= 11 is 1.75. The second-order valence-corrected chi connectivity index (χ2v) is 10.9. The van der Waals surface area contributed by atoms with Crippen molar-refractivity contribution in [3.8, 4) is 11.4 Å². The van der Waals surface area contributed by atoms with Crippen LogP contribution in [0.1, 0.15) is 65.8 Å². The van der Waals surface area contributed by atoms with E-state index in [1.165, 1.54) is 42.2 Å². The molecule has 1 saturated carbocycles. The van der Waals surface area contributed by atoms with Gasteiger partial charge < -0.3 is 9.88 Å². The normalized spacial score (nSPS) is 15.4. The molecular formula is C27H36N6S. The Morgan fingerprint density at radius 3 is 2.59 bits per heavy atom. The molecule has 0 bridgehead atoms. The number of rotatable bonds is 8. The molecule has 1 aliphatic carbocycles. The van der Waals surface area contributed by atoms with Gasteiger partial charge in [-0.15, -0.1) is 11.3 Å². The van der Waals surface area contributed by atoms with Gasteiger partial charge >= 0.3 is 0 Å². The topological polar surface area (TPSA) is 58.9 Å². The number of fused-ring (bicyclic) bond motifs is 2. The minimum atomic E-state index is 0.478. The Hall–Kier alpha value is -2.51. The number of nitrogens with one attached hydrogen (secondary N) is 1. The van der Waals surface area contributed by atoms with Gasteiger partial charge in [-0.05, 0) is 46.6 Å². The quantitative estimate of drug-likeness (QED) is 0.305. The molecule has 1 N–H and O–H groups in total. The van der Waals surface area contributed by atoms with Crippen molar-refractivity contribution < 1.29 is 0 Å². The van der Waals surface area contributed by atoms with Crippen LogP contribution in [0.15, 0.2) is 36.0 Å². The molecule has 5 rings (SSSR count). The molecule has 0 radical (unpaired) electrons. The van der Waals surface area contributed by atoms with Crippen LogP contribution in [0.25, 0.3) is 32.6 Å². The van der Waals surface area contributed by atoms with Gasteiger partial charge in [0, 0.05) is 52.2 Å². The van der Waals surface area contributed by atoms with Crippen molar-refractivity contribution in [3.05, 3.63) is 36.0 Å². The van der Waals surface area contributed by atoms with Gasteiger partial charge in [0.25, 0.3) is 0 Å². The van der Waals surface area contributed by atoms with Gasteiger partial charge in [0.15, 0.2) is 17.3 Å². The predicted molar refractivity (Wildman–Crippen MR) is 144 cm³/mol. The summed E-state index contributed by atoms with van der Waals surface area (Å²) in [6.45, 7) is 10.8. The highest BCUT2D eigenvalue weighted by molar-refractivity contribution is 7.17. The molecule has 1 fully saturated rings. The standard InChI is InChI=1S/C27H36N6S/c1-18(2)32(19(3)4)15-14-28-26-24-27(33(17-29-24)20-10-6-5-7-11-20)31-25(30-26)22-16-34-23-13-9-8-12-21(22)23/h8-9,12-13,16-20H,5-7,10-11,14-15H2,1-4H3,(H,28,30,31). The van der Waals surface area contributed by atoms with Crippen molar-refractivity contribution in [3.63, 3.8) is 0 Å². The lowest BCUT2D eigenvalue weighted by atomic mass is 9.95. The number of aromatic nitrogens is 4. The average molecular weight is 477 g/mol. The summed E-state index contributed by atoms with van der Waals surface area (Å²) in [5.41, 5.74) is 2.95. The molecule has 6 nitrogen and oxygen atoms in total. The minimum absolute atomic E-state index is 0.478. The van der Waals surface area contributed by atoms with Crippen molar-refractivity contribution in [2.75, 3.05) is 18.4 Å². The molecule has 0 unspecified atom stereocenters. The fourth-order valence-corrected chi connectivity index (χ4v) is 6.29. The Bertz CT molecular complexity index is 1240. The van der Waals surface area contributed by atoms with Gasteiger partial charge in [-0.2, -0.15) is 0 Å². The van der Waals surface area contributed by atoms with E-state index in [9.17, 15) is 0 Å². The predicted octanol–water partition coefficient (Wildman–Crippen LogP) is 6.74. The molecule has 3 aromatic heterocycles. The van der Waals surface area contributed by atoms with E-state index >= 15 is 0 Å². The first-order chi connectivity index (χ1) is 16.5. The number of anilines is 1. The molecule has 0 spiro atoms. The van der Waals surface area contributed by atoms with Crippen molar-refractivity contribution in [2.24, 2.45) is 0 Å². The average Bonchev–Trinajstić information content (AvgIpc) is 3.46. The van der Waals surface area contributed by atoms with Gasteiger partial charge in [-0.3, -0.25) is 4.90 Å². The summed E-state index contributed by atoms with van der Waals surface area (Å²) in [6.07, 6.45) is 8.29. The fraction of sp³-hybridized carbons (Fsp3) is 0.519. The number of imidazole rings is 1. The Kier molecular flexibility index (Phi) is 6.84. The van der Waals surface area contributed by atoms with Crippen LogP contribution in [0, 0.1) is 0 Å². The molecule has 4 aromatic rings. The van der Waals surface area contributed by atoms with Gasteiger partial charge in [-0.1, -0.05) is 37.5 Å². The Balaban J connectivity index is 1.54. The van der Waals surface area contributed by atoms with Gasteiger partial charge in [0.05, 0.1) is 6.33 Å². The molecule has 3 heterocycles. The third kappa shape index (κ3) is 4.56. The number of thiophene rings is 1. The number of hydrogen-bond donors (Lipinski definition) is 1. The summed E-state index contributed by atoms with van der Waals surface area (Å²) < 4.78 is 3.58. The minimum Gasteiger partial charge on any atom is -0.367 e. The van der Waals surface area contributed by atoms with E-state index in [-0.39, 0.29) is 0 Å². The number of hydrogen-bond acceptors (Lipinski definition) is 6. The lowest BCUT2D eigenvalue weighted by Gasteiger charge is -2.30. The molecule has 1 aromatic carbocycles. The maximum atomic E-state index is 5.11. The van der Waals surface area contributed by atoms with Gasteiger partial charge in [0.2, 0.25) is 0 Å². The molecule has 0 atom stereocenters. The van der Waals surface area contributed by atoms with Crippen LogP contribution in [-0.2, 0) is 0 Å². The first-order valence-electron chi connectivity index (χ1n) is 12.7. The molecule has 0 aliphatic heterocycles. The molecule has 34 heavy (non-hydrogen) atoms. The maximum Gasteiger partial charge on any atom is 0.166 e. The van der Waals surface area contributed by atoms with Crippen LogP contribution < -0.4 is 5.32 Å². The van der Waals surface area contributed by atoms with Crippen LogP contribution in [0.3, 0.4) is 0 Å². The summed E-state index contributed by atoms with van der Waals surface area (Å²) in [7, 11) is 0. The zero-order valence-electron chi connectivity index (χ0n) is 20.8. The second kappa shape index (κ2) is 10.0. The highest BCUT2D eigenvalue weighted by Crippen LogP contribution is 2.36. The molecule has 0 saturated heterocycles. The summed E-state index contributed by atoms with van der Waals surface area (Å²) in [4.78, 5) is 17.4. The van der Waals surface area contributed by atoms with Crippen molar-refractivity contribution in [1.29, 1.82) is 0 Å². The van der Waals surface area contributed by atoms with E-state index in [0.717, 1.165) is 41.5 Å². The summed E-state index contributed by atoms with van der Waals surface area (Å²) in [5, 5.41) is 7.04. The van der Waals surface area contributed by atoms with E-state index in [1.807, 2.05) is 6.33 Å². The molecule has 0 amide bonds. The van der Waals surface area contributed by atoms with Crippen LogP contribution in [-0.4, -0.2) is 49.6 Å². The SMILES string of the molecule is CC(C)N(CCNc1nc(-c2csc3ccccc23)nc2c1ncn2C1CCCCC1)C(C)C. The monoisotopic (exact) mass is 476 g/mol. The molecule has 1 aliphatic rings. The van der Waals surface area contributed by atoms with E-state index in [2.05, 4.69) is 72.1 Å². The number of benzene rings is 1. The van der Waals surface area contributed by atoms with E-state index < -0.39 is 0 Å². The fourth-order valence-electron chi connectivity index (χ4n) is 5.35. The van der Waals surface area contributed by atoms with Crippen molar-refractivity contribution in [1.82, 2.24) is 24.4 Å². The van der Waals surface area contributed by atoms with E-state index in [0.29, 0.717) is 18.1 Å². The zero-order chi connectivity index (χ0) is 23.7. The Morgan fingerprint density at radius 2 is 1.82 bits per heavy atom. The summed E-state index contributed by atoms with van der Waals surface area (Å²) in [6, 6.07) is 10.0. The smallest absolute Gasteiger partial charge is 0.166 e. The highest BCUT2D eigenvalue weighted by Gasteiger charge is 2.22. The summed E-state index contributed by atoms with van der Waals surface area (Å²) in [5.74, 6) is 1.63. The first kappa shape index (κ1) is 23.2. The second-order valence-electron chi connectivity index (χ2n) is 10.0. The maximum absolute atomic E-state index is 5.11. The Morgan fingerprint density at radius 1 is 1.06 bits per heavy atom. The third-order valence-corrected chi connectivity index (χ3v) is 8.06.